The molecule has 3 aliphatic rings. The van der Waals surface area contributed by atoms with E-state index in [1.807, 2.05) is 0 Å². The van der Waals surface area contributed by atoms with Gasteiger partial charge in [0.05, 0.1) is 0 Å². The van der Waals surface area contributed by atoms with Crippen LogP contribution < -0.4 is 5.32 Å². The van der Waals surface area contributed by atoms with Gasteiger partial charge in [-0.2, -0.15) is 0 Å². The smallest absolute Gasteiger partial charge is 0.00980 e. The van der Waals surface area contributed by atoms with Gasteiger partial charge in [0.1, 0.15) is 0 Å². The van der Waals surface area contributed by atoms with E-state index in [4.69, 9.17) is 0 Å². The molecule has 19 heavy (non-hydrogen) atoms. The molecular weight excluding hydrogens is 230 g/mol. The molecule has 0 aromatic carbocycles. The summed E-state index contributed by atoms with van der Waals surface area (Å²) in [5.74, 6) is 4.22. The summed E-state index contributed by atoms with van der Waals surface area (Å²) in [6, 6.07) is 0.881. The van der Waals surface area contributed by atoms with E-state index in [0.29, 0.717) is 0 Å². The molecule has 0 amide bonds. The Labute approximate surface area is 120 Å². The van der Waals surface area contributed by atoms with Gasteiger partial charge in [0.25, 0.3) is 0 Å². The Kier molecular flexibility index (Phi) is 6.19. The van der Waals surface area contributed by atoms with Crippen molar-refractivity contribution in [1.29, 1.82) is 0 Å². The molecule has 0 radical (unpaired) electrons. The Hall–Kier alpha value is -0.0400. The van der Waals surface area contributed by atoms with Gasteiger partial charge in [-0.3, -0.25) is 0 Å². The van der Waals surface area contributed by atoms with Gasteiger partial charge in [0, 0.05) is 6.04 Å². The third-order valence-electron chi connectivity index (χ3n) is 5.51. The van der Waals surface area contributed by atoms with Gasteiger partial charge in [-0.1, -0.05) is 46.5 Å². The van der Waals surface area contributed by atoms with E-state index in [0.717, 1.165) is 29.7 Å². The van der Waals surface area contributed by atoms with Crippen LogP contribution in [0.25, 0.3) is 0 Å². The molecule has 2 saturated carbocycles. The van der Waals surface area contributed by atoms with Gasteiger partial charge in [-0.15, -0.1) is 0 Å². The predicted molar refractivity (Wildman–Crippen MR) is 84.3 cm³/mol. The monoisotopic (exact) mass is 265 g/mol. The number of hydrogen-bond acceptors (Lipinski definition) is 1. The van der Waals surface area contributed by atoms with Crippen LogP contribution in [0.2, 0.25) is 0 Å². The molecule has 1 nitrogen and oxygen atoms in total. The van der Waals surface area contributed by atoms with Gasteiger partial charge >= 0.3 is 0 Å². The van der Waals surface area contributed by atoms with Gasteiger partial charge in [0.2, 0.25) is 0 Å². The summed E-state index contributed by atoms with van der Waals surface area (Å²) in [4.78, 5) is 0. The van der Waals surface area contributed by atoms with Gasteiger partial charge in [-0.25, -0.2) is 0 Å². The van der Waals surface area contributed by atoms with E-state index in [-0.39, 0.29) is 0 Å². The Bertz CT molecular complexity index is 244. The largest absolute Gasteiger partial charge is 0.314 e. The van der Waals surface area contributed by atoms with Crippen molar-refractivity contribution in [2.45, 2.75) is 84.6 Å². The normalized spacial score (nSPS) is 42.2. The van der Waals surface area contributed by atoms with Crippen molar-refractivity contribution >= 4 is 0 Å². The zero-order valence-corrected chi connectivity index (χ0v) is 13.5. The third kappa shape index (κ3) is 3.97. The minimum absolute atomic E-state index is 0.881. The molecule has 5 atom stereocenters. The molecule has 3 fully saturated rings. The predicted octanol–water partition coefficient (Wildman–Crippen LogP) is 5.01. The van der Waals surface area contributed by atoms with Gasteiger partial charge < -0.3 is 5.32 Å². The average molecular weight is 265 g/mol. The maximum atomic E-state index is 3.82. The molecule has 0 bridgehead atoms. The first kappa shape index (κ1) is 15.4. The average Bonchev–Trinajstić information content (AvgIpc) is 2.80. The maximum Gasteiger partial charge on any atom is 0.00980 e. The van der Waals surface area contributed by atoms with Crippen molar-refractivity contribution in [3.05, 3.63) is 0 Å². The highest BCUT2D eigenvalue weighted by atomic mass is 14.9. The number of hydrogen-bond donors (Lipinski definition) is 1. The fourth-order valence-electron chi connectivity index (χ4n) is 4.87. The summed E-state index contributed by atoms with van der Waals surface area (Å²) in [5.41, 5.74) is 0. The lowest BCUT2D eigenvalue weighted by Gasteiger charge is -2.41. The SMILES string of the molecule is CC1CC2CCCC(C3CCCCN3)C2C1.CCC. The zero-order chi connectivity index (χ0) is 13.7. The number of piperidine rings is 1. The van der Waals surface area contributed by atoms with E-state index >= 15 is 0 Å². The van der Waals surface area contributed by atoms with Crippen LogP contribution in [0.15, 0.2) is 0 Å². The lowest BCUT2D eigenvalue weighted by atomic mass is 9.69. The molecule has 3 rings (SSSR count). The van der Waals surface area contributed by atoms with Crippen LogP contribution >= 0.6 is 0 Å². The van der Waals surface area contributed by atoms with Gasteiger partial charge in [-0.05, 0) is 62.3 Å². The summed E-state index contributed by atoms with van der Waals surface area (Å²) in [5, 5.41) is 3.82. The van der Waals surface area contributed by atoms with E-state index < -0.39 is 0 Å². The minimum Gasteiger partial charge on any atom is -0.314 e. The van der Waals surface area contributed by atoms with Crippen LogP contribution in [0.5, 0.6) is 0 Å². The van der Waals surface area contributed by atoms with Crippen molar-refractivity contribution in [1.82, 2.24) is 5.32 Å². The molecule has 1 heterocycles. The second-order valence-corrected chi connectivity index (χ2v) is 7.36. The summed E-state index contributed by atoms with van der Waals surface area (Å²) in [6.07, 6.45) is 13.2. The van der Waals surface area contributed by atoms with Crippen molar-refractivity contribution in [2.24, 2.45) is 23.7 Å². The highest BCUT2D eigenvalue weighted by Gasteiger charge is 2.42. The topological polar surface area (TPSA) is 12.0 Å². The summed E-state index contributed by atoms with van der Waals surface area (Å²) >= 11 is 0. The Balaban J connectivity index is 0.000000408. The van der Waals surface area contributed by atoms with Crippen LogP contribution in [0, 0.1) is 23.7 Å². The number of fused-ring (bicyclic) bond motifs is 1. The molecule has 2 aliphatic carbocycles. The molecular formula is C18H35N. The van der Waals surface area contributed by atoms with Crippen LogP contribution in [0.3, 0.4) is 0 Å². The summed E-state index contributed by atoms with van der Waals surface area (Å²) < 4.78 is 0. The first-order valence-corrected chi connectivity index (χ1v) is 8.99. The van der Waals surface area contributed by atoms with Crippen molar-refractivity contribution < 1.29 is 0 Å². The highest BCUT2D eigenvalue weighted by Crippen LogP contribution is 2.49. The van der Waals surface area contributed by atoms with E-state index in [2.05, 4.69) is 26.1 Å². The fourth-order valence-corrected chi connectivity index (χ4v) is 4.87. The van der Waals surface area contributed by atoms with Crippen molar-refractivity contribution in [3.63, 3.8) is 0 Å². The molecule has 0 spiro atoms. The molecule has 1 aliphatic heterocycles. The maximum absolute atomic E-state index is 3.82. The van der Waals surface area contributed by atoms with Crippen LogP contribution in [0.1, 0.15) is 78.6 Å². The van der Waals surface area contributed by atoms with Crippen LogP contribution in [-0.4, -0.2) is 12.6 Å². The van der Waals surface area contributed by atoms with Crippen molar-refractivity contribution in [2.75, 3.05) is 6.54 Å². The Morgan fingerprint density at radius 1 is 0.895 bits per heavy atom. The molecule has 0 aromatic rings. The number of nitrogens with one attached hydrogen (secondary N) is 1. The second-order valence-electron chi connectivity index (χ2n) is 7.36. The Morgan fingerprint density at radius 3 is 2.37 bits per heavy atom. The highest BCUT2D eigenvalue weighted by molar-refractivity contribution is 4.94. The quantitative estimate of drug-likeness (QED) is 0.703. The van der Waals surface area contributed by atoms with Crippen LogP contribution in [-0.2, 0) is 0 Å². The first-order chi connectivity index (χ1) is 9.26. The zero-order valence-electron chi connectivity index (χ0n) is 13.5. The lowest BCUT2D eigenvalue weighted by Crippen LogP contribution is -2.44. The molecule has 0 aromatic heterocycles. The van der Waals surface area contributed by atoms with Gasteiger partial charge in [0.15, 0.2) is 0 Å². The molecule has 1 saturated heterocycles. The van der Waals surface area contributed by atoms with Crippen LogP contribution in [0.4, 0.5) is 0 Å². The van der Waals surface area contributed by atoms with E-state index in [9.17, 15) is 0 Å². The summed E-state index contributed by atoms with van der Waals surface area (Å²) in [7, 11) is 0. The standard InChI is InChI=1S/C15H27N.C3H8/c1-11-9-12-5-4-6-13(14(12)10-11)15-7-2-3-8-16-15;1-3-2/h11-16H,2-10H2,1H3;3H2,1-2H3. The second kappa shape index (κ2) is 7.67. The van der Waals surface area contributed by atoms with E-state index in [1.165, 1.54) is 64.3 Å². The first-order valence-electron chi connectivity index (χ1n) is 8.99. The van der Waals surface area contributed by atoms with E-state index in [1.54, 1.807) is 0 Å². The third-order valence-corrected chi connectivity index (χ3v) is 5.51. The molecule has 5 unspecified atom stereocenters. The van der Waals surface area contributed by atoms with Crippen molar-refractivity contribution in [3.8, 4) is 0 Å². The fraction of sp³-hybridized carbons (Fsp3) is 1.00. The molecule has 1 heteroatoms. The molecule has 1 N–H and O–H groups in total. The summed E-state index contributed by atoms with van der Waals surface area (Å²) in [6.45, 7) is 8.01. The minimum atomic E-state index is 0.881. The Morgan fingerprint density at radius 2 is 1.68 bits per heavy atom. The molecule has 112 valence electrons. The number of rotatable bonds is 1. The lowest BCUT2D eigenvalue weighted by molar-refractivity contribution is 0.125.